The van der Waals surface area contributed by atoms with Gasteiger partial charge in [0.05, 0.1) is 25.3 Å². The van der Waals surface area contributed by atoms with Gasteiger partial charge in [-0.05, 0) is 69.2 Å². The van der Waals surface area contributed by atoms with E-state index in [-0.39, 0.29) is 17.0 Å². The van der Waals surface area contributed by atoms with E-state index in [4.69, 9.17) is 27.4 Å². The Balaban J connectivity index is 1.72. The van der Waals surface area contributed by atoms with Gasteiger partial charge in [-0.2, -0.15) is 0 Å². The lowest BCUT2D eigenvalue weighted by Gasteiger charge is -2.48. The zero-order chi connectivity index (χ0) is 23.3. The van der Waals surface area contributed by atoms with E-state index in [1.165, 1.54) is 26.7 Å². The van der Waals surface area contributed by atoms with Crippen LogP contribution in [0.1, 0.15) is 52.8 Å². The fourth-order valence-corrected chi connectivity index (χ4v) is 4.79. The summed E-state index contributed by atoms with van der Waals surface area (Å²) in [7, 11) is 2.54. The molecule has 0 unspecified atom stereocenters. The van der Waals surface area contributed by atoms with E-state index in [0.29, 0.717) is 36.7 Å². The summed E-state index contributed by atoms with van der Waals surface area (Å²) in [5.74, 6) is -1.42. The number of piperidine rings is 2. The lowest BCUT2D eigenvalue weighted by atomic mass is 9.83. The van der Waals surface area contributed by atoms with E-state index in [1.54, 1.807) is 12.1 Å². The summed E-state index contributed by atoms with van der Waals surface area (Å²) >= 11 is 5.58. The number of hydrogen-bond acceptors (Lipinski definition) is 7. The van der Waals surface area contributed by atoms with E-state index in [0.717, 1.165) is 25.9 Å². The molecule has 0 aromatic heterocycles. The van der Waals surface area contributed by atoms with Gasteiger partial charge >= 0.3 is 11.9 Å². The normalized spacial score (nSPS) is 18.5. The molecule has 0 atom stereocenters. The number of esters is 2. The van der Waals surface area contributed by atoms with Crippen molar-refractivity contribution in [2.75, 3.05) is 45.7 Å². The minimum absolute atomic E-state index is 0.206. The first-order chi connectivity index (χ1) is 15.3. The highest BCUT2D eigenvalue weighted by Crippen LogP contribution is 2.32. The maximum absolute atomic E-state index is 12.4. The molecule has 0 bridgehead atoms. The second-order valence-electron chi connectivity index (χ2n) is 8.14. The van der Waals surface area contributed by atoms with Crippen LogP contribution in [0, 0.1) is 0 Å². The third-order valence-electron chi connectivity index (χ3n) is 6.32. The van der Waals surface area contributed by atoms with Crippen molar-refractivity contribution in [1.29, 1.82) is 0 Å². The van der Waals surface area contributed by atoms with Crippen molar-refractivity contribution < 1.29 is 23.9 Å². The van der Waals surface area contributed by atoms with Gasteiger partial charge < -0.3 is 25.4 Å². The molecule has 1 amide bonds. The number of nitrogens with two attached hydrogens (primary N) is 1. The van der Waals surface area contributed by atoms with Crippen LogP contribution in [0.5, 0.6) is 0 Å². The fraction of sp³-hybridized carbons (Fsp3) is 0.545. The van der Waals surface area contributed by atoms with Gasteiger partial charge in [0.2, 0.25) is 5.91 Å². The molecule has 32 heavy (non-hydrogen) atoms. The lowest BCUT2D eigenvalue weighted by molar-refractivity contribution is -0.134. The Morgan fingerprint density at radius 2 is 1.47 bits per heavy atom. The van der Waals surface area contributed by atoms with Crippen molar-refractivity contribution in [3.05, 3.63) is 29.3 Å². The van der Waals surface area contributed by atoms with Crippen LogP contribution in [0.25, 0.3) is 0 Å². The molecule has 2 aliphatic heterocycles. The number of benzene rings is 1. The van der Waals surface area contributed by atoms with Gasteiger partial charge in [-0.1, -0.05) is 6.42 Å². The molecule has 3 N–H and O–H groups in total. The average Bonchev–Trinajstić information content (AvgIpc) is 2.83. The number of methoxy groups -OCH3 is 2. The van der Waals surface area contributed by atoms with Crippen LogP contribution in [0.4, 0.5) is 5.69 Å². The van der Waals surface area contributed by atoms with Crippen molar-refractivity contribution in [3.8, 4) is 0 Å². The zero-order valence-electron chi connectivity index (χ0n) is 18.5. The second kappa shape index (κ2) is 10.3. The van der Waals surface area contributed by atoms with Crippen LogP contribution in [0.2, 0.25) is 0 Å². The first-order valence-electron chi connectivity index (χ1n) is 10.7. The monoisotopic (exact) mass is 462 g/mol. The summed E-state index contributed by atoms with van der Waals surface area (Å²) in [5, 5.41) is 3.54. The minimum atomic E-state index is -0.630. The van der Waals surface area contributed by atoms with Crippen molar-refractivity contribution >= 4 is 40.9 Å². The van der Waals surface area contributed by atoms with E-state index < -0.39 is 17.5 Å². The number of primary amides is 1. The van der Waals surface area contributed by atoms with Gasteiger partial charge in [0.15, 0.2) is 5.11 Å². The molecule has 0 saturated carbocycles. The van der Waals surface area contributed by atoms with Crippen molar-refractivity contribution in [2.45, 2.75) is 37.6 Å². The molecule has 1 aromatic carbocycles. The average molecular weight is 463 g/mol. The fourth-order valence-electron chi connectivity index (χ4n) is 4.49. The molecule has 3 rings (SSSR count). The molecule has 174 valence electrons. The van der Waals surface area contributed by atoms with Gasteiger partial charge in [0.1, 0.15) is 5.54 Å². The Kier molecular flexibility index (Phi) is 7.68. The summed E-state index contributed by atoms with van der Waals surface area (Å²) in [6.07, 6.45) is 4.54. The summed E-state index contributed by atoms with van der Waals surface area (Å²) < 4.78 is 9.55. The molecular weight excluding hydrogens is 432 g/mol. The number of anilines is 1. The first kappa shape index (κ1) is 23.9. The van der Waals surface area contributed by atoms with E-state index in [2.05, 4.69) is 10.2 Å². The Bertz CT molecular complexity index is 858. The van der Waals surface area contributed by atoms with E-state index >= 15 is 0 Å². The Morgan fingerprint density at radius 1 is 0.938 bits per heavy atom. The molecule has 10 heteroatoms. The van der Waals surface area contributed by atoms with Gasteiger partial charge in [0, 0.05) is 18.8 Å². The maximum Gasteiger partial charge on any atom is 0.337 e. The number of rotatable bonds is 5. The van der Waals surface area contributed by atoms with Crippen LogP contribution >= 0.6 is 12.2 Å². The lowest BCUT2D eigenvalue weighted by Crippen LogP contribution is -2.64. The number of ether oxygens (including phenoxy) is 2. The molecule has 2 heterocycles. The molecule has 1 aromatic rings. The van der Waals surface area contributed by atoms with Gasteiger partial charge in [-0.25, -0.2) is 9.59 Å². The first-order valence-corrected chi connectivity index (χ1v) is 11.1. The summed E-state index contributed by atoms with van der Waals surface area (Å²) in [4.78, 5) is 40.7. The number of nitrogens with one attached hydrogen (secondary N) is 1. The number of amides is 1. The summed E-state index contributed by atoms with van der Waals surface area (Å²) in [6.45, 7) is 2.93. The molecule has 0 radical (unpaired) electrons. The van der Waals surface area contributed by atoms with Gasteiger partial charge in [-0.3, -0.25) is 9.69 Å². The summed E-state index contributed by atoms with van der Waals surface area (Å²) in [6, 6.07) is 4.54. The number of hydrogen-bond donors (Lipinski definition) is 2. The Labute approximate surface area is 193 Å². The third kappa shape index (κ3) is 5.02. The largest absolute Gasteiger partial charge is 0.465 e. The molecule has 0 aliphatic carbocycles. The Hall–Kier alpha value is -2.72. The smallest absolute Gasteiger partial charge is 0.337 e. The maximum atomic E-state index is 12.4. The zero-order valence-corrected chi connectivity index (χ0v) is 19.3. The minimum Gasteiger partial charge on any atom is -0.465 e. The SMILES string of the molecule is COC(=O)c1cc(NC(=S)N2CCC(C(N)=O)(N3CCCCC3)CC2)cc(C(=O)OC)c1. The van der Waals surface area contributed by atoms with Crippen LogP contribution in [-0.4, -0.2) is 78.7 Å². The molecule has 2 saturated heterocycles. The van der Waals surface area contributed by atoms with Crippen molar-refractivity contribution in [2.24, 2.45) is 5.73 Å². The van der Waals surface area contributed by atoms with E-state index in [1.807, 2.05) is 4.90 Å². The topological polar surface area (TPSA) is 114 Å². The Morgan fingerprint density at radius 3 is 1.94 bits per heavy atom. The number of thiocarbonyl (C=S) groups is 1. The second-order valence-corrected chi connectivity index (χ2v) is 8.53. The van der Waals surface area contributed by atoms with Gasteiger partial charge in [0.25, 0.3) is 0 Å². The molecule has 2 aliphatic rings. The quantitative estimate of drug-likeness (QED) is 0.499. The molecule has 9 nitrogen and oxygen atoms in total. The number of nitrogens with zero attached hydrogens (tertiary/aromatic N) is 2. The van der Waals surface area contributed by atoms with Gasteiger partial charge in [-0.15, -0.1) is 0 Å². The van der Waals surface area contributed by atoms with Crippen LogP contribution < -0.4 is 11.1 Å². The van der Waals surface area contributed by atoms with E-state index in [9.17, 15) is 14.4 Å². The highest BCUT2D eigenvalue weighted by Gasteiger charge is 2.45. The van der Waals surface area contributed by atoms with Crippen LogP contribution in [0.15, 0.2) is 18.2 Å². The predicted molar refractivity (Wildman–Crippen MR) is 123 cm³/mol. The number of carbonyl (C=O) groups excluding carboxylic acids is 3. The standard InChI is InChI=1S/C22H30N4O5S/c1-30-18(27)15-12-16(19(28)31-2)14-17(13-15)24-21(32)25-10-6-22(7-11-25,20(23)29)26-8-4-3-5-9-26/h12-14H,3-11H2,1-2H3,(H2,23,29)(H,24,32). The predicted octanol–water partition coefficient (Wildman–Crippen LogP) is 1.76. The third-order valence-corrected chi connectivity index (χ3v) is 6.68. The van der Waals surface area contributed by atoms with Crippen LogP contribution in [-0.2, 0) is 14.3 Å². The van der Waals surface area contributed by atoms with Crippen LogP contribution in [0.3, 0.4) is 0 Å². The highest BCUT2D eigenvalue weighted by atomic mass is 32.1. The molecular formula is C22H30N4O5S. The summed E-state index contributed by atoms with van der Waals surface area (Å²) in [5.41, 5.74) is 6.11. The highest BCUT2D eigenvalue weighted by molar-refractivity contribution is 7.80. The number of carbonyl (C=O) groups is 3. The molecule has 2 fully saturated rings. The number of likely N-dealkylation sites (tertiary alicyclic amines) is 2. The van der Waals surface area contributed by atoms with Crippen molar-refractivity contribution in [3.63, 3.8) is 0 Å². The van der Waals surface area contributed by atoms with Crippen molar-refractivity contribution in [1.82, 2.24) is 9.80 Å². The molecule has 0 spiro atoms.